The summed E-state index contributed by atoms with van der Waals surface area (Å²) in [6.45, 7) is 6.57. The van der Waals surface area contributed by atoms with E-state index in [0.717, 1.165) is 30.0 Å². The molecule has 3 heterocycles. The second-order valence-electron chi connectivity index (χ2n) is 7.01. The van der Waals surface area contributed by atoms with Gasteiger partial charge < -0.3 is 9.72 Å². The molecule has 4 rings (SSSR count). The quantitative estimate of drug-likeness (QED) is 0.789. The number of nitrogens with zero attached hydrogens (tertiary/aromatic N) is 3. The van der Waals surface area contributed by atoms with Crippen LogP contribution in [0.1, 0.15) is 41.4 Å². The van der Waals surface area contributed by atoms with Gasteiger partial charge in [-0.25, -0.2) is 0 Å². The minimum atomic E-state index is 0.233. The lowest BCUT2D eigenvalue weighted by atomic mass is 9.95. The second-order valence-corrected chi connectivity index (χ2v) is 7.01. The topological polar surface area (TPSA) is 46.1 Å². The molecule has 1 fully saturated rings. The van der Waals surface area contributed by atoms with E-state index < -0.39 is 0 Å². The molecule has 1 aliphatic rings. The average molecular weight is 338 g/mol. The highest BCUT2D eigenvalue weighted by Gasteiger charge is 2.31. The predicted molar refractivity (Wildman–Crippen MR) is 100 cm³/mol. The van der Waals surface area contributed by atoms with Crippen molar-refractivity contribution in [3.63, 3.8) is 0 Å². The molecule has 5 heteroatoms. The average Bonchev–Trinajstić information content (AvgIpc) is 3.32. The van der Waals surface area contributed by atoms with Crippen LogP contribution in [0.5, 0.6) is 5.75 Å². The van der Waals surface area contributed by atoms with Crippen molar-refractivity contribution >= 4 is 10.9 Å². The van der Waals surface area contributed by atoms with Gasteiger partial charge >= 0.3 is 0 Å². The molecule has 0 saturated carbocycles. The van der Waals surface area contributed by atoms with Crippen molar-refractivity contribution < 1.29 is 4.74 Å². The smallest absolute Gasteiger partial charge is 0.119 e. The van der Waals surface area contributed by atoms with Gasteiger partial charge in [-0.1, -0.05) is 0 Å². The summed E-state index contributed by atoms with van der Waals surface area (Å²) >= 11 is 0. The number of likely N-dealkylation sites (tertiary alicyclic amines) is 1. The number of aromatic amines is 1. The SMILES string of the molecule is COc1ccc2[nH]cc(C(c3c(C)nn(C)c3C)N3CCCC3)c2c1. The number of fused-ring (bicyclic) bond motifs is 1. The monoisotopic (exact) mass is 338 g/mol. The van der Waals surface area contributed by atoms with E-state index in [-0.39, 0.29) is 6.04 Å². The Bertz CT molecular complexity index is 902. The minimum absolute atomic E-state index is 0.233. The number of H-pyrrole nitrogens is 1. The Kier molecular flexibility index (Phi) is 4.04. The summed E-state index contributed by atoms with van der Waals surface area (Å²) in [6, 6.07) is 6.48. The molecule has 132 valence electrons. The van der Waals surface area contributed by atoms with Crippen molar-refractivity contribution in [2.24, 2.45) is 7.05 Å². The summed E-state index contributed by atoms with van der Waals surface area (Å²) in [6.07, 6.45) is 4.69. The van der Waals surface area contributed by atoms with Crippen LogP contribution in [0.3, 0.4) is 0 Å². The van der Waals surface area contributed by atoms with E-state index in [0.29, 0.717) is 0 Å². The predicted octanol–water partition coefficient (Wildman–Crippen LogP) is 3.71. The van der Waals surface area contributed by atoms with Crippen LogP contribution in [-0.2, 0) is 7.05 Å². The van der Waals surface area contributed by atoms with Gasteiger partial charge in [0.25, 0.3) is 0 Å². The molecule has 2 aromatic heterocycles. The van der Waals surface area contributed by atoms with E-state index in [1.807, 2.05) is 17.8 Å². The van der Waals surface area contributed by atoms with E-state index in [4.69, 9.17) is 4.74 Å². The highest BCUT2D eigenvalue weighted by atomic mass is 16.5. The Hall–Kier alpha value is -2.27. The molecule has 0 bridgehead atoms. The zero-order chi connectivity index (χ0) is 17.6. The van der Waals surface area contributed by atoms with Gasteiger partial charge in [0.2, 0.25) is 0 Å². The van der Waals surface area contributed by atoms with Gasteiger partial charge in [0, 0.05) is 35.4 Å². The van der Waals surface area contributed by atoms with Crippen molar-refractivity contribution in [3.8, 4) is 5.75 Å². The van der Waals surface area contributed by atoms with Crippen molar-refractivity contribution in [3.05, 3.63) is 46.9 Å². The van der Waals surface area contributed by atoms with Gasteiger partial charge in [-0.05, 0) is 63.5 Å². The number of benzene rings is 1. The fourth-order valence-corrected chi connectivity index (χ4v) is 4.19. The first-order valence-electron chi connectivity index (χ1n) is 8.99. The summed E-state index contributed by atoms with van der Waals surface area (Å²) in [5.74, 6) is 0.896. The molecule has 0 amide bonds. The fourth-order valence-electron chi connectivity index (χ4n) is 4.19. The standard InChI is InChI=1S/C20H26N4O/c1-13-19(14(2)23(3)22-13)20(24-9-5-6-10-24)17-12-21-18-8-7-15(25-4)11-16(17)18/h7-8,11-12,20-21H,5-6,9-10H2,1-4H3. The Morgan fingerprint density at radius 2 is 1.96 bits per heavy atom. The van der Waals surface area contributed by atoms with E-state index in [9.17, 15) is 0 Å². The summed E-state index contributed by atoms with van der Waals surface area (Å²) in [4.78, 5) is 6.05. The number of aromatic nitrogens is 3. The number of aryl methyl sites for hydroxylation is 2. The third-order valence-electron chi connectivity index (χ3n) is 5.56. The van der Waals surface area contributed by atoms with E-state index in [1.165, 1.54) is 35.0 Å². The molecule has 5 nitrogen and oxygen atoms in total. The molecule has 1 saturated heterocycles. The van der Waals surface area contributed by atoms with Gasteiger partial charge in [-0.15, -0.1) is 0 Å². The molecule has 0 spiro atoms. The molecule has 1 atom stereocenters. The molecule has 0 radical (unpaired) electrons. The van der Waals surface area contributed by atoms with Crippen LogP contribution in [-0.4, -0.2) is 39.9 Å². The molecule has 0 aliphatic carbocycles. The number of hydrogen-bond donors (Lipinski definition) is 1. The van der Waals surface area contributed by atoms with Gasteiger partial charge in [0.05, 0.1) is 18.8 Å². The summed E-state index contributed by atoms with van der Waals surface area (Å²) in [5, 5.41) is 5.92. The number of ether oxygens (including phenoxy) is 1. The summed E-state index contributed by atoms with van der Waals surface area (Å²) in [7, 11) is 3.76. The highest BCUT2D eigenvalue weighted by Crippen LogP contribution is 2.39. The first-order chi connectivity index (χ1) is 12.1. The highest BCUT2D eigenvalue weighted by molar-refractivity contribution is 5.85. The Morgan fingerprint density at radius 3 is 2.60 bits per heavy atom. The fraction of sp³-hybridized carbons (Fsp3) is 0.450. The van der Waals surface area contributed by atoms with Crippen molar-refractivity contribution in [2.45, 2.75) is 32.7 Å². The van der Waals surface area contributed by atoms with Crippen LogP contribution in [0.25, 0.3) is 10.9 Å². The number of rotatable bonds is 4. The molecule has 25 heavy (non-hydrogen) atoms. The maximum absolute atomic E-state index is 5.47. The van der Waals surface area contributed by atoms with E-state index in [1.54, 1.807) is 7.11 Å². The Labute approximate surface area is 148 Å². The molecule has 1 N–H and O–H groups in total. The lowest BCUT2D eigenvalue weighted by Gasteiger charge is -2.28. The molecule has 3 aromatic rings. The first-order valence-corrected chi connectivity index (χ1v) is 8.99. The summed E-state index contributed by atoms with van der Waals surface area (Å²) < 4.78 is 7.47. The third kappa shape index (κ3) is 2.63. The number of nitrogens with one attached hydrogen (secondary N) is 1. The van der Waals surface area contributed by atoms with Crippen molar-refractivity contribution in [2.75, 3.05) is 20.2 Å². The van der Waals surface area contributed by atoms with Crippen LogP contribution >= 0.6 is 0 Å². The normalized spacial score (nSPS) is 16.6. The van der Waals surface area contributed by atoms with Gasteiger partial charge in [0.15, 0.2) is 0 Å². The Balaban J connectivity index is 1.92. The van der Waals surface area contributed by atoms with E-state index >= 15 is 0 Å². The Morgan fingerprint density at radius 1 is 1.20 bits per heavy atom. The lowest BCUT2D eigenvalue weighted by Crippen LogP contribution is -2.27. The van der Waals surface area contributed by atoms with Gasteiger partial charge in [-0.2, -0.15) is 5.10 Å². The molecule has 1 aromatic carbocycles. The second kappa shape index (κ2) is 6.23. The molecular weight excluding hydrogens is 312 g/mol. The first kappa shape index (κ1) is 16.2. The number of methoxy groups -OCH3 is 1. The summed E-state index contributed by atoms with van der Waals surface area (Å²) in [5.41, 5.74) is 6.17. The zero-order valence-corrected chi connectivity index (χ0v) is 15.5. The molecule has 1 unspecified atom stereocenters. The zero-order valence-electron chi connectivity index (χ0n) is 15.5. The van der Waals surface area contributed by atoms with Crippen LogP contribution in [0.15, 0.2) is 24.4 Å². The van der Waals surface area contributed by atoms with Crippen LogP contribution < -0.4 is 4.74 Å². The maximum atomic E-state index is 5.47. The van der Waals surface area contributed by atoms with Gasteiger partial charge in [-0.3, -0.25) is 9.58 Å². The number of hydrogen-bond acceptors (Lipinski definition) is 3. The van der Waals surface area contributed by atoms with Crippen molar-refractivity contribution in [1.82, 2.24) is 19.7 Å². The minimum Gasteiger partial charge on any atom is -0.497 e. The van der Waals surface area contributed by atoms with E-state index in [2.05, 4.69) is 47.2 Å². The van der Waals surface area contributed by atoms with Crippen LogP contribution in [0.4, 0.5) is 0 Å². The molecular formula is C20H26N4O. The third-order valence-corrected chi connectivity index (χ3v) is 5.56. The van der Waals surface area contributed by atoms with Crippen LogP contribution in [0.2, 0.25) is 0 Å². The lowest BCUT2D eigenvalue weighted by molar-refractivity contribution is 0.281. The van der Waals surface area contributed by atoms with Gasteiger partial charge in [0.1, 0.15) is 5.75 Å². The van der Waals surface area contributed by atoms with Crippen molar-refractivity contribution in [1.29, 1.82) is 0 Å². The maximum Gasteiger partial charge on any atom is 0.119 e. The largest absolute Gasteiger partial charge is 0.497 e. The molecule has 1 aliphatic heterocycles. The van der Waals surface area contributed by atoms with Crippen LogP contribution in [0, 0.1) is 13.8 Å².